The van der Waals surface area contributed by atoms with Gasteiger partial charge < -0.3 is 0 Å². The lowest BCUT2D eigenvalue weighted by molar-refractivity contribution is 0.622. The Hall–Kier alpha value is -0.350. The molecule has 0 amide bonds. The van der Waals surface area contributed by atoms with Crippen molar-refractivity contribution in [2.24, 2.45) is 0 Å². The summed E-state index contributed by atoms with van der Waals surface area (Å²) in [6.45, 7) is 6.92. The van der Waals surface area contributed by atoms with E-state index in [2.05, 4.69) is 45.0 Å². The summed E-state index contributed by atoms with van der Waals surface area (Å²) >= 11 is 0. The molecule has 0 radical (unpaired) electrons. The molecule has 1 heteroatoms. The average molecular weight is 349 g/mol. The molecule has 0 aliphatic rings. The minimum Gasteiger partial charge on any atom is -0.0750 e. The first kappa shape index (κ1) is 21.7. The maximum Gasteiger partial charge on any atom is -0.0211 e. The fourth-order valence-corrected chi connectivity index (χ4v) is 6.22. The van der Waals surface area contributed by atoms with Gasteiger partial charge in [0, 0.05) is 0 Å². The predicted molar refractivity (Wildman–Crippen MR) is 114 cm³/mol. The standard InChI is InChI=1S/C23H41P/c1-4-6-8-10-12-16-20-24(21-17-13-11-9-7-5-2)23-19-15-14-18-22(23)3/h14-15,18-19H,4-13,16-17,20-21H2,1-3H3. The summed E-state index contributed by atoms with van der Waals surface area (Å²) < 4.78 is 0. The van der Waals surface area contributed by atoms with Gasteiger partial charge in [-0.3, -0.25) is 0 Å². The van der Waals surface area contributed by atoms with Gasteiger partial charge >= 0.3 is 0 Å². The SMILES string of the molecule is CCCCCCCCP(CCCCCCCC)c1ccccc1C. The second-order valence-corrected chi connectivity index (χ2v) is 9.76. The minimum atomic E-state index is 0.0744. The first-order chi connectivity index (χ1) is 11.8. The molecule has 0 saturated heterocycles. The van der Waals surface area contributed by atoms with Gasteiger partial charge in [0.1, 0.15) is 0 Å². The molecule has 0 N–H and O–H groups in total. The van der Waals surface area contributed by atoms with E-state index in [1.165, 1.54) is 94.9 Å². The van der Waals surface area contributed by atoms with Crippen LogP contribution in [0.15, 0.2) is 24.3 Å². The molecule has 0 unspecified atom stereocenters. The lowest BCUT2D eigenvalue weighted by Gasteiger charge is -2.20. The van der Waals surface area contributed by atoms with Crippen LogP contribution in [-0.2, 0) is 0 Å². The third-order valence-electron chi connectivity index (χ3n) is 5.02. The maximum atomic E-state index is 2.41. The Labute approximate surface area is 153 Å². The summed E-state index contributed by atoms with van der Waals surface area (Å²) in [6.07, 6.45) is 20.0. The lowest BCUT2D eigenvalue weighted by Crippen LogP contribution is -2.10. The molecule has 24 heavy (non-hydrogen) atoms. The number of hydrogen-bond acceptors (Lipinski definition) is 0. The van der Waals surface area contributed by atoms with Crippen LogP contribution in [-0.4, -0.2) is 12.3 Å². The topological polar surface area (TPSA) is 0 Å². The van der Waals surface area contributed by atoms with E-state index in [0.717, 1.165) is 0 Å². The number of benzene rings is 1. The zero-order chi connectivity index (χ0) is 17.5. The molecule has 0 fully saturated rings. The number of rotatable bonds is 15. The third kappa shape index (κ3) is 9.83. The van der Waals surface area contributed by atoms with Crippen LogP contribution in [0.5, 0.6) is 0 Å². The second-order valence-electron chi connectivity index (χ2n) is 7.31. The monoisotopic (exact) mass is 348 g/mol. The normalized spacial score (nSPS) is 11.3. The molecule has 0 saturated carbocycles. The summed E-state index contributed by atoms with van der Waals surface area (Å²) in [6, 6.07) is 9.17. The molecule has 1 rings (SSSR count). The Balaban J connectivity index is 2.38. The number of unbranched alkanes of at least 4 members (excludes halogenated alkanes) is 10. The summed E-state index contributed by atoms with van der Waals surface area (Å²) in [5, 5.41) is 1.69. The van der Waals surface area contributed by atoms with E-state index in [1.54, 1.807) is 5.30 Å². The second kappa shape index (κ2) is 14.9. The quantitative estimate of drug-likeness (QED) is 0.224. The Bertz CT molecular complexity index is 383. The van der Waals surface area contributed by atoms with Crippen LogP contribution in [0.2, 0.25) is 0 Å². The van der Waals surface area contributed by atoms with Crippen LogP contribution >= 0.6 is 7.92 Å². The Morgan fingerprint density at radius 1 is 0.625 bits per heavy atom. The molecule has 0 aliphatic carbocycles. The molecule has 0 aliphatic heterocycles. The summed E-state index contributed by atoms with van der Waals surface area (Å²) in [5.41, 5.74) is 1.53. The minimum absolute atomic E-state index is 0.0744. The zero-order valence-electron chi connectivity index (χ0n) is 16.7. The van der Waals surface area contributed by atoms with E-state index in [1.807, 2.05) is 0 Å². The molecular formula is C23H41P. The Morgan fingerprint density at radius 3 is 1.58 bits per heavy atom. The molecule has 0 spiro atoms. The summed E-state index contributed by atoms with van der Waals surface area (Å²) in [4.78, 5) is 0. The van der Waals surface area contributed by atoms with E-state index < -0.39 is 0 Å². The highest BCUT2D eigenvalue weighted by molar-refractivity contribution is 7.65. The molecule has 0 bridgehead atoms. The van der Waals surface area contributed by atoms with Crippen molar-refractivity contribution in [3.8, 4) is 0 Å². The maximum absolute atomic E-state index is 2.41. The van der Waals surface area contributed by atoms with Crippen molar-refractivity contribution in [2.45, 2.75) is 97.8 Å². The van der Waals surface area contributed by atoms with Crippen molar-refractivity contribution in [2.75, 3.05) is 12.3 Å². The third-order valence-corrected chi connectivity index (χ3v) is 7.91. The Kier molecular flexibility index (Phi) is 13.5. The van der Waals surface area contributed by atoms with E-state index in [-0.39, 0.29) is 7.92 Å². The average Bonchev–Trinajstić information content (AvgIpc) is 2.60. The van der Waals surface area contributed by atoms with E-state index >= 15 is 0 Å². The largest absolute Gasteiger partial charge is 0.0750 e. The van der Waals surface area contributed by atoms with Gasteiger partial charge in [-0.05, 0) is 43.0 Å². The fourth-order valence-electron chi connectivity index (χ4n) is 3.44. The van der Waals surface area contributed by atoms with Crippen molar-refractivity contribution >= 4 is 13.2 Å². The van der Waals surface area contributed by atoms with Gasteiger partial charge in [-0.2, -0.15) is 0 Å². The van der Waals surface area contributed by atoms with Gasteiger partial charge in [0.25, 0.3) is 0 Å². The fraction of sp³-hybridized carbons (Fsp3) is 0.739. The predicted octanol–water partition coefficient (Wildman–Crippen LogP) is 7.82. The van der Waals surface area contributed by atoms with Crippen LogP contribution in [0.4, 0.5) is 0 Å². The molecule has 0 atom stereocenters. The van der Waals surface area contributed by atoms with Crippen molar-refractivity contribution in [3.05, 3.63) is 29.8 Å². The smallest absolute Gasteiger partial charge is 0.0211 e. The van der Waals surface area contributed by atoms with Crippen molar-refractivity contribution < 1.29 is 0 Å². The van der Waals surface area contributed by atoms with E-state index in [0.29, 0.717) is 0 Å². The van der Waals surface area contributed by atoms with Crippen molar-refractivity contribution in [1.82, 2.24) is 0 Å². The van der Waals surface area contributed by atoms with Gasteiger partial charge in [-0.25, -0.2) is 0 Å². The van der Waals surface area contributed by atoms with E-state index in [4.69, 9.17) is 0 Å². The molecule has 0 aromatic heterocycles. The lowest BCUT2D eigenvalue weighted by atomic mass is 10.1. The highest BCUT2D eigenvalue weighted by Crippen LogP contribution is 2.38. The molecular weight excluding hydrogens is 307 g/mol. The molecule has 1 aromatic carbocycles. The Morgan fingerprint density at radius 2 is 1.08 bits per heavy atom. The van der Waals surface area contributed by atoms with E-state index in [9.17, 15) is 0 Å². The zero-order valence-corrected chi connectivity index (χ0v) is 17.6. The highest BCUT2D eigenvalue weighted by Gasteiger charge is 2.12. The number of aryl methyl sites for hydroxylation is 1. The van der Waals surface area contributed by atoms with Crippen LogP contribution in [0, 0.1) is 6.92 Å². The van der Waals surface area contributed by atoms with Gasteiger partial charge in [0.15, 0.2) is 0 Å². The van der Waals surface area contributed by atoms with Crippen LogP contribution in [0.1, 0.15) is 96.5 Å². The first-order valence-corrected chi connectivity index (χ1v) is 12.3. The van der Waals surface area contributed by atoms with Crippen LogP contribution < -0.4 is 5.30 Å². The van der Waals surface area contributed by atoms with Gasteiger partial charge in [-0.1, -0.05) is 110 Å². The van der Waals surface area contributed by atoms with Crippen molar-refractivity contribution in [3.63, 3.8) is 0 Å². The molecule has 0 heterocycles. The molecule has 1 aromatic rings. The molecule has 0 nitrogen and oxygen atoms in total. The van der Waals surface area contributed by atoms with Gasteiger partial charge in [-0.15, -0.1) is 0 Å². The van der Waals surface area contributed by atoms with Crippen LogP contribution in [0.25, 0.3) is 0 Å². The van der Waals surface area contributed by atoms with Gasteiger partial charge in [0.05, 0.1) is 0 Å². The highest BCUT2D eigenvalue weighted by atomic mass is 31.1. The van der Waals surface area contributed by atoms with Crippen molar-refractivity contribution in [1.29, 1.82) is 0 Å². The number of hydrogen-bond donors (Lipinski definition) is 0. The van der Waals surface area contributed by atoms with Gasteiger partial charge in [0.2, 0.25) is 0 Å². The first-order valence-electron chi connectivity index (χ1n) is 10.6. The summed E-state index contributed by atoms with van der Waals surface area (Å²) in [5.74, 6) is 0. The molecule has 138 valence electrons. The summed E-state index contributed by atoms with van der Waals surface area (Å²) in [7, 11) is 0.0744. The van der Waals surface area contributed by atoms with Crippen LogP contribution in [0.3, 0.4) is 0 Å².